The number of rotatable bonds is 7. The Morgan fingerprint density at radius 2 is 2.00 bits per heavy atom. The standard InChI is InChI=1S/C17H24N4O3/c1-20(11-15(22)12-21-7-9-23-10-8-21)13-16-18-17(24-19-16)14-5-3-2-4-6-14/h2-6,15,22H,7-13H2,1H3. The lowest BCUT2D eigenvalue weighted by atomic mass is 10.2. The maximum absolute atomic E-state index is 10.2. The van der Waals surface area contributed by atoms with Crippen molar-refractivity contribution in [2.45, 2.75) is 12.6 Å². The summed E-state index contributed by atoms with van der Waals surface area (Å²) in [6.45, 7) is 5.01. The molecule has 1 aliphatic rings. The Morgan fingerprint density at radius 3 is 2.75 bits per heavy atom. The normalized spacial score (nSPS) is 17.3. The lowest BCUT2D eigenvalue weighted by Gasteiger charge is -2.29. The van der Waals surface area contributed by atoms with Crippen molar-refractivity contribution in [3.8, 4) is 11.5 Å². The highest BCUT2D eigenvalue weighted by Crippen LogP contribution is 2.16. The van der Waals surface area contributed by atoms with E-state index in [1.807, 2.05) is 42.3 Å². The summed E-state index contributed by atoms with van der Waals surface area (Å²) < 4.78 is 10.6. The summed E-state index contributed by atoms with van der Waals surface area (Å²) in [6.07, 6.45) is -0.409. The van der Waals surface area contributed by atoms with E-state index in [1.165, 1.54) is 0 Å². The van der Waals surface area contributed by atoms with Crippen LogP contribution in [0.3, 0.4) is 0 Å². The third-order valence-corrected chi connectivity index (χ3v) is 4.00. The molecule has 130 valence electrons. The number of hydrogen-bond donors (Lipinski definition) is 1. The van der Waals surface area contributed by atoms with E-state index in [9.17, 15) is 5.11 Å². The molecule has 0 aliphatic carbocycles. The fraction of sp³-hybridized carbons (Fsp3) is 0.529. The maximum Gasteiger partial charge on any atom is 0.257 e. The second kappa shape index (κ2) is 8.34. The van der Waals surface area contributed by atoms with Crippen LogP contribution in [0.1, 0.15) is 5.82 Å². The first-order valence-electron chi connectivity index (χ1n) is 8.25. The van der Waals surface area contributed by atoms with Crippen LogP contribution < -0.4 is 0 Å². The van der Waals surface area contributed by atoms with E-state index < -0.39 is 6.10 Å². The lowest BCUT2D eigenvalue weighted by molar-refractivity contribution is 0.00808. The smallest absolute Gasteiger partial charge is 0.257 e. The zero-order valence-electron chi connectivity index (χ0n) is 14.0. The summed E-state index contributed by atoms with van der Waals surface area (Å²) in [5.41, 5.74) is 0.909. The van der Waals surface area contributed by atoms with E-state index in [0.29, 0.717) is 31.3 Å². The average Bonchev–Trinajstić information content (AvgIpc) is 3.04. The molecule has 1 aromatic heterocycles. The van der Waals surface area contributed by atoms with Crippen LogP contribution in [-0.4, -0.2) is 77.6 Å². The van der Waals surface area contributed by atoms with Gasteiger partial charge in [0, 0.05) is 31.7 Å². The van der Waals surface area contributed by atoms with Gasteiger partial charge in [0.2, 0.25) is 0 Å². The van der Waals surface area contributed by atoms with Crippen molar-refractivity contribution in [3.05, 3.63) is 36.2 Å². The highest BCUT2D eigenvalue weighted by molar-refractivity contribution is 5.51. The number of benzene rings is 1. The first-order chi connectivity index (χ1) is 11.7. The zero-order valence-corrected chi connectivity index (χ0v) is 14.0. The van der Waals surface area contributed by atoms with Gasteiger partial charge in [0.25, 0.3) is 5.89 Å². The third-order valence-electron chi connectivity index (χ3n) is 4.00. The summed E-state index contributed by atoms with van der Waals surface area (Å²) in [5.74, 6) is 1.14. The van der Waals surface area contributed by atoms with Crippen LogP contribution in [0.25, 0.3) is 11.5 Å². The van der Waals surface area contributed by atoms with Crippen LogP contribution in [-0.2, 0) is 11.3 Å². The molecular formula is C17H24N4O3. The van der Waals surface area contributed by atoms with E-state index in [0.717, 1.165) is 31.9 Å². The Hall–Kier alpha value is -1.80. The molecule has 2 aromatic rings. The molecule has 24 heavy (non-hydrogen) atoms. The summed E-state index contributed by atoms with van der Waals surface area (Å²) in [7, 11) is 1.95. The summed E-state index contributed by atoms with van der Waals surface area (Å²) in [4.78, 5) is 8.65. The van der Waals surface area contributed by atoms with Crippen molar-refractivity contribution in [1.82, 2.24) is 19.9 Å². The van der Waals surface area contributed by atoms with Crippen LogP contribution in [0, 0.1) is 0 Å². The fourth-order valence-corrected chi connectivity index (χ4v) is 2.82. The van der Waals surface area contributed by atoms with Gasteiger partial charge in [-0.1, -0.05) is 23.4 Å². The topological polar surface area (TPSA) is 74.9 Å². The molecule has 0 saturated carbocycles. The number of β-amino-alcohol motifs (C(OH)–C–C–N with tert-alkyl or cyclic N) is 1. The number of morpholine rings is 1. The largest absolute Gasteiger partial charge is 0.390 e. The lowest BCUT2D eigenvalue weighted by Crippen LogP contribution is -2.44. The molecule has 1 atom stereocenters. The molecule has 1 aromatic carbocycles. The Morgan fingerprint density at radius 1 is 1.25 bits per heavy atom. The quantitative estimate of drug-likeness (QED) is 0.806. The van der Waals surface area contributed by atoms with Gasteiger partial charge < -0.3 is 14.4 Å². The second-order valence-electron chi connectivity index (χ2n) is 6.15. The first-order valence-corrected chi connectivity index (χ1v) is 8.25. The fourth-order valence-electron chi connectivity index (χ4n) is 2.82. The molecule has 1 saturated heterocycles. The molecule has 0 bridgehead atoms. The average molecular weight is 332 g/mol. The Bertz CT molecular complexity index is 613. The van der Waals surface area contributed by atoms with Gasteiger partial charge in [-0.25, -0.2) is 0 Å². The molecule has 2 heterocycles. The maximum atomic E-state index is 10.2. The highest BCUT2D eigenvalue weighted by Gasteiger charge is 2.17. The number of aliphatic hydroxyl groups excluding tert-OH is 1. The number of aliphatic hydroxyl groups is 1. The van der Waals surface area contributed by atoms with Gasteiger partial charge in [0.05, 0.1) is 25.9 Å². The van der Waals surface area contributed by atoms with Crippen molar-refractivity contribution in [1.29, 1.82) is 0 Å². The minimum atomic E-state index is -0.409. The van der Waals surface area contributed by atoms with Crippen molar-refractivity contribution >= 4 is 0 Å². The predicted octanol–water partition coefficient (Wildman–Crippen LogP) is 0.861. The zero-order chi connectivity index (χ0) is 16.8. The minimum absolute atomic E-state index is 0.409. The van der Waals surface area contributed by atoms with E-state index >= 15 is 0 Å². The Kier molecular flexibility index (Phi) is 5.92. The molecule has 0 spiro atoms. The van der Waals surface area contributed by atoms with Gasteiger partial charge in [-0.3, -0.25) is 9.80 Å². The van der Waals surface area contributed by atoms with Crippen molar-refractivity contribution in [3.63, 3.8) is 0 Å². The number of ether oxygens (including phenoxy) is 1. The van der Waals surface area contributed by atoms with Crippen molar-refractivity contribution in [2.75, 3.05) is 46.4 Å². The van der Waals surface area contributed by atoms with Gasteiger partial charge in [-0.2, -0.15) is 4.98 Å². The van der Waals surface area contributed by atoms with Gasteiger partial charge in [0.1, 0.15) is 0 Å². The molecular weight excluding hydrogens is 308 g/mol. The molecule has 1 aliphatic heterocycles. The summed E-state index contributed by atoms with van der Waals surface area (Å²) in [6, 6.07) is 9.70. The van der Waals surface area contributed by atoms with Crippen LogP contribution in [0.4, 0.5) is 0 Å². The van der Waals surface area contributed by atoms with Crippen molar-refractivity contribution < 1.29 is 14.4 Å². The third kappa shape index (κ3) is 4.85. The molecule has 7 heteroatoms. The predicted molar refractivity (Wildman–Crippen MR) is 89.3 cm³/mol. The Balaban J connectivity index is 1.48. The SMILES string of the molecule is CN(Cc1noc(-c2ccccc2)n1)CC(O)CN1CCOCC1. The molecule has 1 fully saturated rings. The van der Waals surface area contributed by atoms with Crippen LogP contribution in [0.15, 0.2) is 34.9 Å². The first kappa shape index (κ1) is 17.0. The molecule has 1 unspecified atom stereocenters. The van der Waals surface area contributed by atoms with Crippen molar-refractivity contribution in [2.24, 2.45) is 0 Å². The second-order valence-corrected chi connectivity index (χ2v) is 6.15. The van der Waals surface area contributed by atoms with Crippen LogP contribution >= 0.6 is 0 Å². The number of aromatic nitrogens is 2. The minimum Gasteiger partial charge on any atom is -0.390 e. The van der Waals surface area contributed by atoms with Crippen LogP contribution in [0.5, 0.6) is 0 Å². The van der Waals surface area contributed by atoms with E-state index in [-0.39, 0.29) is 0 Å². The van der Waals surface area contributed by atoms with E-state index in [4.69, 9.17) is 9.26 Å². The summed E-state index contributed by atoms with van der Waals surface area (Å²) >= 11 is 0. The molecule has 0 radical (unpaired) electrons. The molecule has 3 rings (SSSR count). The van der Waals surface area contributed by atoms with Gasteiger partial charge in [-0.05, 0) is 19.2 Å². The van der Waals surface area contributed by atoms with Gasteiger partial charge in [0.15, 0.2) is 5.82 Å². The van der Waals surface area contributed by atoms with Crippen LogP contribution in [0.2, 0.25) is 0 Å². The van der Waals surface area contributed by atoms with E-state index in [2.05, 4.69) is 15.0 Å². The summed E-state index contributed by atoms with van der Waals surface area (Å²) in [5, 5.41) is 14.3. The molecule has 1 N–H and O–H groups in total. The molecule has 0 amide bonds. The highest BCUT2D eigenvalue weighted by atomic mass is 16.5. The molecule has 7 nitrogen and oxygen atoms in total. The monoisotopic (exact) mass is 332 g/mol. The number of hydrogen-bond acceptors (Lipinski definition) is 7. The van der Waals surface area contributed by atoms with Gasteiger partial charge >= 0.3 is 0 Å². The Labute approximate surface area is 141 Å². The van der Waals surface area contributed by atoms with Gasteiger partial charge in [-0.15, -0.1) is 0 Å². The number of likely N-dealkylation sites (N-methyl/N-ethyl adjacent to an activating group) is 1. The van der Waals surface area contributed by atoms with E-state index in [1.54, 1.807) is 0 Å². The number of nitrogens with zero attached hydrogens (tertiary/aromatic N) is 4.